The van der Waals surface area contributed by atoms with Crippen molar-refractivity contribution < 1.29 is 0 Å². The zero-order valence-corrected chi connectivity index (χ0v) is 22.3. The highest BCUT2D eigenvalue weighted by atomic mass is 15.4. The van der Waals surface area contributed by atoms with E-state index in [1.54, 1.807) is 9.36 Å². The Morgan fingerprint density at radius 2 is 1.35 bits per heavy atom. The van der Waals surface area contributed by atoms with E-state index in [0.29, 0.717) is 17.7 Å². The van der Waals surface area contributed by atoms with Crippen LogP contribution in [0.3, 0.4) is 0 Å². The molecule has 0 fully saturated rings. The second-order valence-corrected chi connectivity index (χ2v) is 10.4. The lowest BCUT2D eigenvalue weighted by molar-refractivity contribution is 0.648. The van der Waals surface area contributed by atoms with E-state index >= 15 is 0 Å². The second-order valence-electron chi connectivity index (χ2n) is 10.4. The molecule has 0 unspecified atom stereocenters. The standard InChI is InChI=1S/C29H30N8/c1-17-14-19(3)36(33-17)27-30-25(31-28(32-27)37-20(4)15-18(2)34-37)16-24-29(5,6)26-22-11-9-8-10-21(22)12-13-23(26)35(24)7/h8-16H,1-7H3/b24-16-. The largest absolute Gasteiger partial charge is 0.347 e. The van der Waals surface area contributed by atoms with E-state index in [4.69, 9.17) is 15.0 Å². The molecule has 0 saturated carbocycles. The van der Waals surface area contributed by atoms with Crippen LogP contribution in [-0.4, -0.2) is 41.6 Å². The highest BCUT2D eigenvalue weighted by Gasteiger charge is 2.40. The van der Waals surface area contributed by atoms with Gasteiger partial charge in [-0.05, 0) is 62.2 Å². The summed E-state index contributed by atoms with van der Waals surface area (Å²) in [5.41, 5.74) is 7.09. The summed E-state index contributed by atoms with van der Waals surface area (Å²) in [5.74, 6) is 1.50. The fraction of sp³-hybridized carbons (Fsp3) is 0.276. The van der Waals surface area contributed by atoms with E-state index < -0.39 is 0 Å². The zero-order chi connectivity index (χ0) is 26.1. The van der Waals surface area contributed by atoms with Gasteiger partial charge in [0.1, 0.15) is 0 Å². The number of anilines is 1. The molecule has 3 aromatic heterocycles. The minimum Gasteiger partial charge on any atom is -0.347 e. The molecule has 4 heterocycles. The molecule has 0 bridgehead atoms. The Morgan fingerprint density at radius 1 is 0.757 bits per heavy atom. The monoisotopic (exact) mass is 490 g/mol. The van der Waals surface area contributed by atoms with Gasteiger partial charge in [-0.1, -0.05) is 44.2 Å². The van der Waals surface area contributed by atoms with Gasteiger partial charge in [0, 0.05) is 41.3 Å². The molecule has 186 valence electrons. The number of likely N-dealkylation sites (N-methyl/N-ethyl adjacent to an activating group) is 1. The van der Waals surface area contributed by atoms with Gasteiger partial charge < -0.3 is 4.90 Å². The Morgan fingerprint density at radius 3 is 1.92 bits per heavy atom. The van der Waals surface area contributed by atoms with Crippen LogP contribution in [0.15, 0.2) is 54.2 Å². The first-order valence-electron chi connectivity index (χ1n) is 12.4. The molecule has 8 nitrogen and oxygen atoms in total. The van der Waals surface area contributed by atoms with Crippen LogP contribution in [0, 0.1) is 27.7 Å². The van der Waals surface area contributed by atoms with Crippen LogP contribution in [0.25, 0.3) is 28.7 Å². The van der Waals surface area contributed by atoms with Crippen molar-refractivity contribution in [1.82, 2.24) is 34.5 Å². The van der Waals surface area contributed by atoms with Gasteiger partial charge >= 0.3 is 0 Å². The molecule has 6 rings (SSSR count). The molecule has 0 aliphatic carbocycles. The summed E-state index contributed by atoms with van der Waals surface area (Å²) >= 11 is 0. The Kier molecular flexibility index (Phi) is 5.05. The molecular weight excluding hydrogens is 460 g/mol. The number of nitrogens with zero attached hydrogens (tertiary/aromatic N) is 8. The van der Waals surface area contributed by atoms with Crippen LogP contribution in [0.2, 0.25) is 0 Å². The maximum absolute atomic E-state index is 4.86. The minimum atomic E-state index is -0.256. The number of hydrogen-bond acceptors (Lipinski definition) is 6. The molecular formula is C29H30N8. The normalized spacial score (nSPS) is 15.6. The van der Waals surface area contributed by atoms with Crippen molar-refractivity contribution in [3.05, 3.63) is 88.4 Å². The Hall–Kier alpha value is -4.33. The molecule has 0 radical (unpaired) electrons. The fourth-order valence-corrected chi connectivity index (χ4v) is 5.56. The van der Waals surface area contributed by atoms with Crippen LogP contribution in [0.1, 0.15) is 48.0 Å². The Labute approximate surface area is 216 Å². The molecule has 0 atom stereocenters. The molecule has 0 N–H and O–H groups in total. The van der Waals surface area contributed by atoms with E-state index in [1.807, 2.05) is 39.8 Å². The predicted molar refractivity (Wildman–Crippen MR) is 146 cm³/mol. The van der Waals surface area contributed by atoms with Gasteiger partial charge in [0.05, 0.1) is 11.4 Å². The average molecular weight is 491 g/mol. The summed E-state index contributed by atoms with van der Waals surface area (Å²) in [5, 5.41) is 11.8. The number of allylic oxidation sites excluding steroid dienone is 1. The lowest BCUT2D eigenvalue weighted by Crippen LogP contribution is -2.23. The first-order chi connectivity index (χ1) is 17.6. The van der Waals surface area contributed by atoms with Crippen molar-refractivity contribution in [2.24, 2.45) is 0 Å². The van der Waals surface area contributed by atoms with Gasteiger partial charge in [-0.15, -0.1) is 0 Å². The maximum atomic E-state index is 4.86. The molecule has 0 spiro atoms. The van der Waals surface area contributed by atoms with E-state index in [9.17, 15) is 0 Å². The van der Waals surface area contributed by atoms with Crippen LogP contribution in [0.5, 0.6) is 0 Å². The minimum absolute atomic E-state index is 0.256. The van der Waals surface area contributed by atoms with Crippen LogP contribution in [0.4, 0.5) is 5.69 Å². The molecule has 1 aliphatic rings. The van der Waals surface area contributed by atoms with E-state index in [0.717, 1.165) is 28.5 Å². The number of hydrogen-bond donors (Lipinski definition) is 0. The lowest BCUT2D eigenvalue weighted by atomic mass is 9.81. The second kappa shape index (κ2) is 8.09. The smallest absolute Gasteiger partial charge is 0.256 e. The topological polar surface area (TPSA) is 77.5 Å². The number of rotatable bonds is 3. The Balaban J connectivity index is 1.56. The molecule has 0 amide bonds. The summed E-state index contributed by atoms with van der Waals surface area (Å²) in [7, 11) is 2.11. The molecule has 37 heavy (non-hydrogen) atoms. The van der Waals surface area contributed by atoms with Crippen LogP contribution < -0.4 is 4.90 Å². The third-order valence-electron chi connectivity index (χ3n) is 7.19. The number of aromatic nitrogens is 7. The van der Waals surface area contributed by atoms with Crippen LogP contribution in [-0.2, 0) is 5.41 Å². The summed E-state index contributed by atoms with van der Waals surface area (Å²) in [6.07, 6.45) is 2.07. The maximum Gasteiger partial charge on any atom is 0.256 e. The van der Waals surface area contributed by atoms with Crippen molar-refractivity contribution in [3.8, 4) is 11.9 Å². The molecule has 8 heteroatoms. The van der Waals surface area contributed by atoms with E-state index in [-0.39, 0.29) is 5.41 Å². The van der Waals surface area contributed by atoms with E-state index in [1.165, 1.54) is 22.0 Å². The first kappa shape index (κ1) is 23.1. The third-order valence-corrected chi connectivity index (χ3v) is 7.19. The highest BCUT2D eigenvalue weighted by molar-refractivity contribution is 5.95. The average Bonchev–Trinajstić information content (AvgIpc) is 3.45. The number of benzene rings is 2. The number of aryl methyl sites for hydroxylation is 4. The van der Waals surface area contributed by atoms with Crippen molar-refractivity contribution in [2.75, 3.05) is 11.9 Å². The first-order valence-corrected chi connectivity index (χ1v) is 12.4. The van der Waals surface area contributed by atoms with E-state index in [2.05, 4.69) is 78.5 Å². The van der Waals surface area contributed by atoms with Crippen molar-refractivity contribution >= 4 is 22.5 Å². The van der Waals surface area contributed by atoms with Crippen molar-refractivity contribution in [3.63, 3.8) is 0 Å². The lowest BCUT2D eigenvalue weighted by Gasteiger charge is -2.24. The quantitative estimate of drug-likeness (QED) is 0.337. The summed E-state index contributed by atoms with van der Waals surface area (Å²) < 4.78 is 3.53. The summed E-state index contributed by atoms with van der Waals surface area (Å²) in [6, 6.07) is 17.0. The fourth-order valence-electron chi connectivity index (χ4n) is 5.56. The van der Waals surface area contributed by atoms with Gasteiger partial charge in [-0.3, -0.25) is 0 Å². The highest BCUT2D eigenvalue weighted by Crippen LogP contribution is 2.50. The molecule has 5 aromatic rings. The molecule has 2 aromatic carbocycles. The van der Waals surface area contributed by atoms with Gasteiger partial charge in [0.2, 0.25) is 0 Å². The van der Waals surface area contributed by atoms with Crippen molar-refractivity contribution in [2.45, 2.75) is 47.0 Å². The van der Waals surface area contributed by atoms with Gasteiger partial charge in [0.25, 0.3) is 11.9 Å². The van der Waals surface area contributed by atoms with Crippen LogP contribution >= 0.6 is 0 Å². The van der Waals surface area contributed by atoms with Gasteiger partial charge in [-0.2, -0.15) is 25.1 Å². The number of fused-ring (bicyclic) bond motifs is 3. The predicted octanol–water partition coefficient (Wildman–Crippen LogP) is 5.40. The third kappa shape index (κ3) is 3.63. The zero-order valence-electron chi connectivity index (χ0n) is 22.3. The Bertz CT molecular complexity index is 1660. The SMILES string of the molecule is Cc1cc(C)n(-c2nc(/C=C3\N(C)c4ccc5ccccc5c4C3(C)C)nc(-n3nc(C)cc3C)n2)n1. The van der Waals surface area contributed by atoms with Crippen molar-refractivity contribution in [1.29, 1.82) is 0 Å². The van der Waals surface area contributed by atoms with Gasteiger partial charge in [0.15, 0.2) is 5.82 Å². The molecule has 1 aliphatic heterocycles. The van der Waals surface area contributed by atoms with Gasteiger partial charge in [-0.25, -0.2) is 9.36 Å². The molecule has 0 saturated heterocycles. The summed E-state index contributed by atoms with van der Waals surface area (Å²) in [4.78, 5) is 16.7. The summed E-state index contributed by atoms with van der Waals surface area (Å²) in [6.45, 7) is 12.5.